The fourth-order valence-electron chi connectivity index (χ4n) is 3.72. The Kier molecular flexibility index (Phi) is 4.08. The van der Waals surface area contributed by atoms with Gasteiger partial charge in [0.2, 0.25) is 0 Å². The third kappa shape index (κ3) is 2.70. The van der Waals surface area contributed by atoms with Crippen LogP contribution in [0.5, 0.6) is 0 Å². The van der Waals surface area contributed by atoms with Gasteiger partial charge in [0.25, 0.3) is 0 Å². The summed E-state index contributed by atoms with van der Waals surface area (Å²) in [5, 5.41) is -0.651. The van der Waals surface area contributed by atoms with Gasteiger partial charge >= 0.3 is 5.97 Å². The van der Waals surface area contributed by atoms with E-state index in [1.54, 1.807) is 19.1 Å². The molecule has 0 aromatic heterocycles. The van der Waals surface area contributed by atoms with Gasteiger partial charge in [0.15, 0.2) is 9.84 Å². The van der Waals surface area contributed by atoms with Crippen molar-refractivity contribution in [3.63, 3.8) is 0 Å². The summed E-state index contributed by atoms with van der Waals surface area (Å²) in [6.45, 7) is 2.02. The lowest BCUT2D eigenvalue weighted by Crippen LogP contribution is -2.39. The zero-order chi connectivity index (χ0) is 15.7. The fourth-order valence-corrected chi connectivity index (χ4v) is 6.06. The highest BCUT2D eigenvalue weighted by atomic mass is 32.2. The van der Waals surface area contributed by atoms with E-state index >= 15 is 0 Å². The smallest absolute Gasteiger partial charge is 0.310 e. The lowest BCUT2D eigenvalue weighted by Gasteiger charge is -2.26. The lowest BCUT2D eigenvalue weighted by atomic mass is 9.93. The molecule has 0 aliphatic heterocycles. The second-order valence-electron chi connectivity index (χ2n) is 5.98. The molecule has 22 heavy (non-hydrogen) atoms. The van der Waals surface area contributed by atoms with Crippen LogP contribution in [0.4, 0.5) is 0 Å². The minimum Gasteiger partial charge on any atom is -0.466 e. The summed E-state index contributed by atoms with van der Waals surface area (Å²) in [5.41, 5.74) is 0.761. The Bertz CT molecular complexity index is 678. The molecule has 0 N–H and O–H groups in total. The molecular formula is C17H20O4S. The third-order valence-corrected chi connectivity index (χ3v) is 6.78. The van der Waals surface area contributed by atoms with Crippen LogP contribution in [-0.4, -0.2) is 26.2 Å². The Morgan fingerprint density at radius 3 is 2.55 bits per heavy atom. The highest BCUT2D eigenvalue weighted by molar-refractivity contribution is 7.91. The number of hydrogen-bond donors (Lipinski definition) is 0. The van der Waals surface area contributed by atoms with E-state index in [2.05, 4.69) is 0 Å². The van der Waals surface area contributed by atoms with Crippen molar-refractivity contribution in [3.05, 3.63) is 48.0 Å². The van der Waals surface area contributed by atoms with E-state index in [1.807, 2.05) is 30.4 Å². The van der Waals surface area contributed by atoms with Crippen LogP contribution in [0.15, 0.2) is 42.5 Å². The average molecular weight is 320 g/mol. The summed E-state index contributed by atoms with van der Waals surface area (Å²) < 4.78 is 30.9. The molecule has 2 bridgehead atoms. The quantitative estimate of drug-likeness (QED) is 0.617. The number of esters is 1. The molecule has 2 aliphatic carbocycles. The second-order valence-corrected chi connectivity index (χ2v) is 8.14. The zero-order valence-corrected chi connectivity index (χ0v) is 13.3. The number of sulfone groups is 1. The van der Waals surface area contributed by atoms with Gasteiger partial charge in [-0.3, -0.25) is 4.79 Å². The van der Waals surface area contributed by atoms with Crippen molar-refractivity contribution < 1.29 is 17.9 Å². The van der Waals surface area contributed by atoms with Crippen LogP contribution >= 0.6 is 0 Å². The van der Waals surface area contributed by atoms with Crippen molar-refractivity contribution in [1.29, 1.82) is 0 Å². The van der Waals surface area contributed by atoms with Crippen LogP contribution in [0.25, 0.3) is 0 Å². The molecule has 3 rings (SSSR count). The maximum Gasteiger partial charge on any atom is 0.310 e. The summed E-state index contributed by atoms with van der Waals surface area (Å²) in [4.78, 5) is 12.2. The van der Waals surface area contributed by atoms with Crippen LogP contribution in [-0.2, 0) is 25.1 Å². The van der Waals surface area contributed by atoms with Gasteiger partial charge in [-0.2, -0.15) is 0 Å². The largest absolute Gasteiger partial charge is 0.466 e. The summed E-state index contributed by atoms with van der Waals surface area (Å²) in [6.07, 6.45) is 4.66. The van der Waals surface area contributed by atoms with Crippen LogP contribution in [0.3, 0.4) is 0 Å². The highest BCUT2D eigenvalue weighted by Gasteiger charge is 2.54. The number of rotatable bonds is 5. The molecule has 118 valence electrons. The van der Waals surface area contributed by atoms with Gasteiger partial charge < -0.3 is 4.74 Å². The fraction of sp³-hybridized carbons (Fsp3) is 0.471. The summed E-state index contributed by atoms with van der Waals surface area (Å²) in [5.74, 6) is -1.01. The molecule has 0 amide bonds. The molecule has 2 aliphatic rings. The lowest BCUT2D eigenvalue weighted by molar-refractivity contribution is -0.148. The Morgan fingerprint density at radius 1 is 1.18 bits per heavy atom. The molecule has 1 aromatic rings. The number of carbonyl (C=O) groups is 1. The van der Waals surface area contributed by atoms with Gasteiger partial charge in [-0.15, -0.1) is 0 Å². The molecule has 4 nitrogen and oxygen atoms in total. The predicted molar refractivity (Wildman–Crippen MR) is 83.7 cm³/mol. The monoisotopic (exact) mass is 320 g/mol. The Balaban J connectivity index is 1.88. The molecule has 1 aromatic carbocycles. The normalized spacial score (nSPS) is 29.7. The van der Waals surface area contributed by atoms with E-state index in [4.69, 9.17) is 4.74 Å². The maximum absolute atomic E-state index is 12.9. The number of hydrogen-bond acceptors (Lipinski definition) is 4. The summed E-state index contributed by atoms with van der Waals surface area (Å²) in [7, 11) is -3.41. The predicted octanol–water partition coefficient (Wildman–Crippen LogP) is 2.36. The molecule has 0 saturated heterocycles. The minimum atomic E-state index is -3.41. The number of ether oxygens (including phenoxy) is 1. The van der Waals surface area contributed by atoms with Crippen molar-refractivity contribution in [2.45, 2.75) is 24.3 Å². The summed E-state index contributed by atoms with van der Waals surface area (Å²) in [6, 6.07) is 9.13. The molecule has 0 heterocycles. The van der Waals surface area contributed by atoms with E-state index in [9.17, 15) is 13.2 Å². The highest BCUT2D eigenvalue weighted by Crippen LogP contribution is 2.48. The first-order valence-electron chi connectivity index (χ1n) is 7.63. The first-order chi connectivity index (χ1) is 10.5. The molecule has 0 spiro atoms. The Morgan fingerprint density at radius 2 is 1.86 bits per heavy atom. The standard InChI is InChI=1S/C17H20O4S/c1-2-21-17(18)15-13-8-9-14(10-13)16(15)22(19,20)11-12-6-4-3-5-7-12/h3-9,13-16H,2,10-11H2,1H3/t13-,14+,15-,16+/m0/s1. The van der Waals surface area contributed by atoms with Gasteiger partial charge in [0, 0.05) is 0 Å². The number of fused-ring (bicyclic) bond motifs is 2. The van der Waals surface area contributed by atoms with Crippen LogP contribution in [0, 0.1) is 17.8 Å². The number of allylic oxidation sites excluding steroid dienone is 2. The number of carbonyl (C=O) groups excluding carboxylic acids is 1. The Labute approximate surface area is 131 Å². The number of benzene rings is 1. The van der Waals surface area contributed by atoms with Gasteiger partial charge in [0.1, 0.15) is 0 Å². The van der Waals surface area contributed by atoms with Crippen molar-refractivity contribution >= 4 is 15.8 Å². The first-order valence-corrected chi connectivity index (χ1v) is 9.35. The van der Waals surface area contributed by atoms with E-state index in [0.29, 0.717) is 0 Å². The molecule has 1 fully saturated rings. The van der Waals surface area contributed by atoms with Crippen molar-refractivity contribution in [2.24, 2.45) is 17.8 Å². The first kappa shape index (κ1) is 15.3. The van der Waals surface area contributed by atoms with E-state index in [-0.39, 0.29) is 30.2 Å². The van der Waals surface area contributed by atoms with Crippen LogP contribution in [0.2, 0.25) is 0 Å². The van der Waals surface area contributed by atoms with E-state index in [0.717, 1.165) is 12.0 Å². The van der Waals surface area contributed by atoms with Gasteiger partial charge in [-0.05, 0) is 30.7 Å². The van der Waals surface area contributed by atoms with E-state index < -0.39 is 21.0 Å². The topological polar surface area (TPSA) is 60.4 Å². The minimum absolute atomic E-state index is 0.000372. The molecule has 0 unspecified atom stereocenters. The molecule has 4 atom stereocenters. The van der Waals surface area contributed by atoms with Gasteiger partial charge in [-0.1, -0.05) is 42.5 Å². The van der Waals surface area contributed by atoms with E-state index in [1.165, 1.54) is 0 Å². The zero-order valence-electron chi connectivity index (χ0n) is 12.5. The van der Waals surface area contributed by atoms with Crippen LogP contribution < -0.4 is 0 Å². The summed E-state index contributed by atoms with van der Waals surface area (Å²) >= 11 is 0. The Hall–Kier alpha value is -1.62. The van der Waals surface area contributed by atoms with Crippen LogP contribution in [0.1, 0.15) is 18.9 Å². The van der Waals surface area contributed by atoms with Crippen molar-refractivity contribution in [1.82, 2.24) is 0 Å². The molecule has 0 radical (unpaired) electrons. The molecular weight excluding hydrogens is 300 g/mol. The maximum atomic E-state index is 12.9. The third-order valence-electron chi connectivity index (χ3n) is 4.57. The molecule has 5 heteroatoms. The van der Waals surface area contributed by atoms with Gasteiger partial charge in [0.05, 0.1) is 23.5 Å². The average Bonchev–Trinajstić information content (AvgIpc) is 3.09. The van der Waals surface area contributed by atoms with Crippen molar-refractivity contribution in [3.8, 4) is 0 Å². The SMILES string of the molecule is CCOC(=O)[C@@H]1[C@H](S(=O)(=O)Cc2ccccc2)[C@@H]2C=C[C@H]1C2. The van der Waals surface area contributed by atoms with Gasteiger partial charge in [-0.25, -0.2) is 8.42 Å². The molecule has 1 saturated carbocycles. The van der Waals surface area contributed by atoms with Crippen molar-refractivity contribution in [2.75, 3.05) is 6.61 Å². The second kappa shape index (κ2) is 5.88.